The highest BCUT2D eigenvalue weighted by Crippen LogP contribution is 2.30. The van der Waals surface area contributed by atoms with E-state index >= 15 is 0 Å². The van der Waals surface area contributed by atoms with Crippen LogP contribution in [-0.2, 0) is 0 Å². The summed E-state index contributed by atoms with van der Waals surface area (Å²) in [5, 5.41) is 26.0. The van der Waals surface area contributed by atoms with Gasteiger partial charge >= 0.3 is 0 Å². The molecule has 0 bridgehead atoms. The van der Waals surface area contributed by atoms with E-state index in [1.165, 1.54) is 25.7 Å². The molecule has 0 aromatic heterocycles. The predicted molar refractivity (Wildman–Crippen MR) is 87.1 cm³/mol. The molecule has 0 aromatic carbocycles. The van der Waals surface area contributed by atoms with Gasteiger partial charge in [-0.2, -0.15) is 0 Å². The van der Waals surface area contributed by atoms with Crippen LogP contribution in [0.2, 0.25) is 0 Å². The molecular weight excluding hydrogens is 299 g/mol. The second-order valence-corrected chi connectivity index (χ2v) is 6.14. The van der Waals surface area contributed by atoms with E-state index < -0.39 is 0 Å². The van der Waals surface area contributed by atoms with Crippen LogP contribution in [0, 0.1) is 0 Å². The van der Waals surface area contributed by atoms with Gasteiger partial charge in [-0.3, -0.25) is 0 Å². The summed E-state index contributed by atoms with van der Waals surface area (Å²) in [5.74, 6) is 0. The third-order valence-electron chi connectivity index (χ3n) is 4.85. The maximum absolute atomic E-state index is 9.50. The highest BCUT2D eigenvalue weighted by Gasteiger charge is 2.34. The Hall–Kier alpha value is 0.420. The number of aliphatic hydroxyl groups is 2. The van der Waals surface area contributed by atoms with Gasteiger partial charge in [0.25, 0.3) is 0 Å². The van der Waals surface area contributed by atoms with Crippen molar-refractivity contribution in [2.75, 3.05) is 26.3 Å². The van der Waals surface area contributed by atoms with Gasteiger partial charge in [0, 0.05) is 24.2 Å². The molecule has 0 radical (unpaired) electrons. The average molecular weight is 329 g/mol. The fraction of sp³-hybridized carbons (Fsp3) is 1.00. The van der Waals surface area contributed by atoms with Gasteiger partial charge in [-0.1, -0.05) is 25.7 Å². The second kappa shape index (κ2) is 9.44. The number of nitrogens with one attached hydrogen (secondary N) is 2. The van der Waals surface area contributed by atoms with Crippen molar-refractivity contribution in [3.05, 3.63) is 0 Å². The van der Waals surface area contributed by atoms with Gasteiger partial charge in [0.05, 0.1) is 13.2 Å². The number of aliphatic hydroxyl groups excluding tert-OH is 2. The van der Waals surface area contributed by atoms with Crippen molar-refractivity contribution in [1.82, 2.24) is 10.6 Å². The maximum Gasteiger partial charge on any atom is 0.0613 e. The predicted octanol–water partition coefficient (Wildman–Crippen LogP) is 1.62. The Morgan fingerprint density at radius 1 is 0.650 bits per heavy atom. The highest BCUT2D eigenvalue weighted by atomic mass is 35.5. The normalized spacial score (nSPS) is 23.1. The maximum atomic E-state index is 9.50. The molecule has 0 saturated heterocycles. The van der Waals surface area contributed by atoms with Crippen LogP contribution in [-0.4, -0.2) is 47.6 Å². The summed E-state index contributed by atoms with van der Waals surface area (Å²) in [7, 11) is 0. The molecule has 0 amide bonds. The standard InChI is InChI=1S/C14H28N2O2.2ClH/c17-11-13(5-1-2-6-13)15-9-10-16-14(12-18)7-3-4-8-14;;/h15-18H,1-12H2;2*1H. The molecule has 2 saturated carbocycles. The first kappa shape index (κ1) is 20.4. The molecule has 4 N–H and O–H groups in total. The SMILES string of the molecule is Cl.Cl.OCC1(NCCNC2(CO)CCCC2)CCCC1. The molecule has 2 fully saturated rings. The van der Waals surface area contributed by atoms with E-state index in [1.54, 1.807) is 0 Å². The molecule has 0 heterocycles. The van der Waals surface area contributed by atoms with Gasteiger partial charge in [-0.05, 0) is 25.7 Å². The lowest BCUT2D eigenvalue weighted by molar-refractivity contribution is 0.151. The zero-order valence-electron chi connectivity index (χ0n) is 12.2. The van der Waals surface area contributed by atoms with Crippen LogP contribution in [0.5, 0.6) is 0 Å². The molecule has 20 heavy (non-hydrogen) atoms. The molecule has 4 nitrogen and oxygen atoms in total. The molecule has 0 aromatic rings. The topological polar surface area (TPSA) is 64.5 Å². The van der Waals surface area contributed by atoms with Crippen molar-refractivity contribution in [3.8, 4) is 0 Å². The Balaban J connectivity index is 0.00000180. The molecule has 0 unspecified atom stereocenters. The average Bonchev–Trinajstić information content (AvgIpc) is 3.06. The Morgan fingerprint density at radius 3 is 1.20 bits per heavy atom. The van der Waals surface area contributed by atoms with Crippen molar-refractivity contribution in [1.29, 1.82) is 0 Å². The number of hydrogen-bond acceptors (Lipinski definition) is 4. The van der Waals surface area contributed by atoms with Crippen molar-refractivity contribution in [2.24, 2.45) is 0 Å². The lowest BCUT2D eigenvalue weighted by Gasteiger charge is -2.31. The van der Waals surface area contributed by atoms with Crippen molar-refractivity contribution >= 4 is 24.8 Å². The summed E-state index contributed by atoms with van der Waals surface area (Å²) in [6.07, 6.45) is 9.26. The van der Waals surface area contributed by atoms with Crippen LogP contribution in [0.25, 0.3) is 0 Å². The van der Waals surface area contributed by atoms with E-state index in [-0.39, 0.29) is 49.1 Å². The third kappa shape index (κ3) is 5.00. The van der Waals surface area contributed by atoms with Crippen LogP contribution in [0.1, 0.15) is 51.4 Å². The monoisotopic (exact) mass is 328 g/mol. The van der Waals surface area contributed by atoms with Crippen molar-refractivity contribution in [2.45, 2.75) is 62.4 Å². The minimum absolute atomic E-state index is 0. The summed E-state index contributed by atoms with van der Waals surface area (Å²) >= 11 is 0. The van der Waals surface area contributed by atoms with Crippen molar-refractivity contribution < 1.29 is 10.2 Å². The number of rotatable bonds is 7. The molecule has 0 atom stereocenters. The molecule has 2 aliphatic carbocycles. The minimum atomic E-state index is -0.0241. The summed E-state index contributed by atoms with van der Waals surface area (Å²) in [6, 6.07) is 0. The Bertz CT molecular complexity index is 230. The first-order chi connectivity index (χ1) is 8.74. The fourth-order valence-electron chi connectivity index (χ4n) is 3.54. The van der Waals surface area contributed by atoms with Gasteiger partial charge < -0.3 is 20.8 Å². The van der Waals surface area contributed by atoms with Crippen molar-refractivity contribution in [3.63, 3.8) is 0 Å². The summed E-state index contributed by atoms with van der Waals surface area (Å²) in [6.45, 7) is 2.25. The lowest BCUT2D eigenvalue weighted by atomic mass is 9.98. The summed E-state index contributed by atoms with van der Waals surface area (Å²) in [4.78, 5) is 0. The number of hydrogen-bond donors (Lipinski definition) is 4. The Morgan fingerprint density at radius 2 is 0.950 bits per heavy atom. The van der Waals surface area contributed by atoms with Gasteiger partial charge in [-0.15, -0.1) is 24.8 Å². The minimum Gasteiger partial charge on any atom is -0.394 e. The Labute approximate surface area is 134 Å². The fourth-order valence-corrected chi connectivity index (χ4v) is 3.54. The zero-order chi connectivity index (χ0) is 12.9. The van der Waals surface area contributed by atoms with Gasteiger partial charge in [0.2, 0.25) is 0 Å². The molecule has 2 rings (SSSR count). The van der Waals surface area contributed by atoms with Gasteiger partial charge in [0.1, 0.15) is 0 Å². The third-order valence-corrected chi connectivity index (χ3v) is 4.85. The molecule has 2 aliphatic rings. The van der Waals surface area contributed by atoms with Crippen LogP contribution in [0.4, 0.5) is 0 Å². The van der Waals surface area contributed by atoms with E-state index in [0.717, 1.165) is 38.8 Å². The van der Waals surface area contributed by atoms with Gasteiger partial charge in [-0.25, -0.2) is 0 Å². The summed E-state index contributed by atoms with van der Waals surface area (Å²) < 4.78 is 0. The van der Waals surface area contributed by atoms with E-state index in [1.807, 2.05) is 0 Å². The van der Waals surface area contributed by atoms with E-state index in [2.05, 4.69) is 10.6 Å². The molecule has 122 valence electrons. The quantitative estimate of drug-likeness (QED) is 0.536. The molecule has 0 spiro atoms. The number of halogens is 2. The first-order valence-electron chi connectivity index (χ1n) is 7.46. The largest absolute Gasteiger partial charge is 0.394 e. The van der Waals surface area contributed by atoms with Crippen LogP contribution >= 0.6 is 24.8 Å². The smallest absolute Gasteiger partial charge is 0.0613 e. The lowest BCUT2D eigenvalue weighted by Crippen LogP contribution is -2.52. The first-order valence-corrected chi connectivity index (χ1v) is 7.46. The highest BCUT2D eigenvalue weighted by molar-refractivity contribution is 5.85. The zero-order valence-corrected chi connectivity index (χ0v) is 13.8. The van der Waals surface area contributed by atoms with E-state index in [9.17, 15) is 10.2 Å². The molecule has 6 heteroatoms. The van der Waals surface area contributed by atoms with Crippen LogP contribution in [0.15, 0.2) is 0 Å². The van der Waals surface area contributed by atoms with E-state index in [4.69, 9.17) is 0 Å². The second-order valence-electron chi connectivity index (χ2n) is 6.14. The molecule has 0 aliphatic heterocycles. The summed E-state index contributed by atoms with van der Waals surface area (Å²) in [5.41, 5.74) is -0.0481. The van der Waals surface area contributed by atoms with Crippen LogP contribution in [0.3, 0.4) is 0 Å². The van der Waals surface area contributed by atoms with E-state index in [0.29, 0.717) is 0 Å². The molecular formula is C14H30Cl2N2O2. The van der Waals surface area contributed by atoms with Crippen LogP contribution < -0.4 is 10.6 Å². The van der Waals surface area contributed by atoms with Gasteiger partial charge in [0.15, 0.2) is 0 Å². The Kier molecular flexibility index (Phi) is 9.64.